The number of esters is 2. The molecule has 2 fully saturated rings. The van der Waals surface area contributed by atoms with Crippen LogP contribution in [0.15, 0.2) is 60.7 Å². The van der Waals surface area contributed by atoms with E-state index in [0.29, 0.717) is 17.9 Å². The molecule has 2 saturated heterocycles. The number of ether oxygens (including phenoxy) is 2. The Balaban J connectivity index is 1.42. The Labute approximate surface area is 232 Å². The van der Waals surface area contributed by atoms with Gasteiger partial charge in [0.1, 0.15) is 13.2 Å². The molecule has 13 heteroatoms. The molecule has 2 heterocycles. The summed E-state index contributed by atoms with van der Waals surface area (Å²) in [7, 11) is -4.78. The highest BCUT2D eigenvalue weighted by molar-refractivity contribution is 7.81. The predicted octanol–water partition coefficient (Wildman–Crippen LogP) is 2.76. The number of piperidine rings is 1. The molecule has 40 heavy (non-hydrogen) atoms. The van der Waals surface area contributed by atoms with Crippen LogP contribution in [0.1, 0.15) is 47.4 Å². The van der Waals surface area contributed by atoms with Gasteiger partial charge >= 0.3 is 28.4 Å². The summed E-state index contributed by atoms with van der Waals surface area (Å²) < 4.78 is 46.4. The number of hydroxylamine groups is 2. The normalized spacial score (nSPS) is 18.9. The van der Waals surface area contributed by atoms with E-state index in [4.69, 9.17) is 17.9 Å². The maximum Gasteiger partial charge on any atom is 0.421 e. The van der Waals surface area contributed by atoms with Crippen LogP contribution in [0.4, 0.5) is 4.79 Å². The minimum absolute atomic E-state index is 0.154. The van der Waals surface area contributed by atoms with Crippen molar-refractivity contribution in [3.63, 3.8) is 0 Å². The Morgan fingerprint density at radius 3 is 1.90 bits per heavy atom. The Kier molecular flexibility index (Phi) is 8.86. The molecule has 2 aliphatic heterocycles. The molecule has 214 valence electrons. The molecule has 0 saturated carbocycles. The number of fused-ring (bicyclic) bond motifs is 2. The predicted molar refractivity (Wildman–Crippen MR) is 139 cm³/mol. The molecule has 2 aliphatic rings. The number of Topliss-reactive ketones (excluding diaryl/α,β-unsaturated/α-hetero) is 1. The van der Waals surface area contributed by atoms with E-state index in [1.807, 2.05) is 0 Å². The Bertz CT molecular complexity index is 1290. The number of ketones is 1. The van der Waals surface area contributed by atoms with Gasteiger partial charge in [0.05, 0.1) is 35.2 Å². The number of carbonyl (C=O) groups is 4. The van der Waals surface area contributed by atoms with Crippen LogP contribution in [0.25, 0.3) is 0 Å². The van der Waals surface area contributed by atoms with Gasteiger partial charge in [-0.25, -0.2) is 18.6 Å². The molecule has 0 aromatic heterocycles. The SMILES string of the molecule is CC(=O)[C@@H]1CC[C@@H]2CN1C(=O)N2OS(=O)(=O)OCC(C)(COC(=O)c1ccccc1)COC(=O)c1ccccc1. The van der Waals surface area contributed by atoms with Gasteiger partial charge in [0, 0.05) is 6.54 Å². The lowest BCUT2D eigenvalue weighted by Crippen LogP contribution is -2.44. The molecule has 0 aliphatic carbocycles. The Morgan fingerprint density at radius 1 is 0.875 bits per heavy atom. The molecule has 4 rings (SSSR count). The summed E-state index contributed by atoms with van der Waals surface area (Å²) in [5.41, 5.74) is -0.763. The fourth-order valence-electron chi connectivity index (χ4n) is 4.41. The number of hydrogen-bond donors (Lipinski definition) is 0. The van der Waals surface area contributed by atoms with Crippen LogP contribution in [0.3, 0.4) is 0 Å². The summed E-state index contributed by atoms with van der Waals surface area (Å²) in [6, 6.07) is 14.4. The summed E-state index contributed by atoms with van der Waals surface area (Å²) >= 11 is 0. The lowest BCUT2D eigenvalue weighted by molar-refractivity contribution is -0.121. The first-order valence-electron chi connectivity index (χ1n) is 12.6. The average molecular weight is 575 g/mol. The third kappa shape index (κ3) is 7.03. The van der Waals surface area contributed by atoms with Crippen molar-refractivity contribution in [2.45, 2.75) is 38.8 Å². The van der Waals surface area contributed by atoms with Crippen LogP contribution in [-0.4, -0.2) is 80.6 Å². The lowest BCUT2D eigenvalue weighted by Gasteiger charge is -2.28. The van der Waals surface area contributed by atoms with Crippen LogP contribution < -0.4 is 0 Å². The van der Waals surface area contributed by atoms with Crippen molar-refractivity contribution < 1.29 is 45.5 Å². The number of benzene rings is 2. The summed E-state index contributed by atoms with van der Waals surface area (Å²) in [5.74, 6) is -1.52. The lowest BCUT2D eigenvalue weighted by atomic mass is 9.94. The van der Waals surface area contributed by atoms with Crippen LogP contribution in [0, 0.1) is 5.41 Å². The standard InChI is InChI=1S/C27H30N2O10S/c1-19(30)23-14-13-22-15-28(23)26(33)29(22)39-40(34,35)38-18-27(2,16-36-24(31)20-9-5-3-6-10-20)17-37-25(32)21-11-7-4-8-12-21/h3-12,22-23H,13-18H2,1-2H3/t22-,23+/m1/s1. The molecular weight excluding hydrogens is 544 g/mol. The number of rotatable bonds is 12. The second kappa shape index (κ2) is 12.1. The first-order chi connectivity index (χ1) is 19.0. The summed E-state index contributed by atoms with van der Waals surface area (Å²) in [4.78, 5) is 50.9. The van der Waals surface area contributed by atoms with Crippen molar-refractivity contribution >= 4 is 34.2 Å². The zero-order chi connectivity index (χ0) is 28.9. The third-order valence-electron chi connectivity index (χ3n) is 6.64. The van der Waals surface area contributed by atoms with Crippen molar-refractivity contribution in [2.24, 2.45) is 5.41 Å². The summed E-state index contributed by atoms with van der Waals surface area (Å²) in [6.07, 6.45) is 0.773. The van der Waals surface area contributed by atoms with E-state index in [1.54, 1.807) is 60.7 Å². The van der Waals surface area contributed by atoms with Gasteiger partial charge in [-0.15, -0.1) is 4.28 Å². The average Bonchev–Trinajstić information content (AvgIpc) is 3.18. The highest BCUT2D eigenvalue weighted by Gasteiger charge is 2.49. The molecule has 0 radical (unpaired) electrons. The maximum absolute atomic E-state index is 12.8. The number of hydrogen-bond acceptors (Lipinski definition) is 10. The third-order valence-corrected chi connectivity index (χ3v) is 7.39. The topological polar surface area (TPSA) is 146 Å². The zero-order valence-electron chi connectivity index (χ0n) is 22.1. The smallest absolute Gasteiger partial charge is 0.421 e. The van der Waals surface area contributed by atoms with Gasteiger partial charge in [-0.2, -0.15) is 13.5 Å². The van der Waals surface area contributed by atoms with Crippen LogP contribution >= 0.6 is 0 Å². The second-order valence-corrected chi connectivity index (χ2v) is 11.3. The molecule has 0 spiro atoms. The van der Waals surface area contributed by atoms with E-state index in [1.165, 1.54) is 18.7 Å². The van der Waals surface area contributed by atoms with E-state index in [-0.39, 0.29) is 36.7 Å². The maximum atomic E-state index is 12.8. The molecule has 0 N–H and O–H groups in total. The molecule has 0 unspecified atom stereocenters. The van der Waals surface area contributed by atoms with E-state index in [2.05, 4.69) is 0 Å². The highest BCUT2D eigenvalue weighted by Crippen LogP contribution is 2.31. The molecular formula is C27H30N2O10S. The number of amides is 2. The zero-order valence-corrected chi connectivity index (χ0v) is 22.9. The van der Waals surface area contributed by atoms with Crippen molar-refractivity contribution in [3.05, 3.63) is 71.8 Å². The van der Waals surface area contributed by atoms with Gasteiger partial charge in [-0.3, -0.25) is 4.79 Å². The Morgan fingerprint density at radius 2 is 1.40 bits per heavy atom. The fourth-order valence-corrected chi connectivity index (χ4v) is 5.26. The first kappa shape index (κ1) is 29.2. The van der Waals surface area contributed by atoms with Gasteiger partial charge < -0.3 is 14.4 Å². The van der Waals surface area contributed by atoms with Crippen molar-refractivity contribution in [2.75, 3.05) is 26.4 Å². The minimum Gasteiger partial charge on any atom is -0.461 e. The number of nitrogens with zero attached hydrogens (tertiary/aromatic N) is 2. The van der Waals surface area contributed by atoms with Gasteiger partial charge in [0.2, 0.25) is 0 Å². The summed E-state index contributed by atoms with van der Waals surface area (Å²) in [5, 5.41) is 0.709. The molecule has 2 aromatic rings. The highest BCUT2D eigenvalue weighted by atomic mass is 32.3. The molecule has 2 amide bonds. The fraction of sp³-hybridized carbons (Fsp3) is 0.407. The van der Waals surface area contributed by atoms with Crippen molar-refractivity contribution in [3.8, 4) is 0 Å². The van der Waals surface area contributed by atoms with E-state index in [0.717, 1.165) is 0 Å². The van der Waals surface area contributed by atoms with Crippen LogP contribution in [0.2, 0.25) is 0 Å². The van der Waals surface area contributed by atoms with Gasteiger partial charge in [-0.1, -0.05) is 43.3 Å². The molecule has 2 atom stereocenters. The van der Waals surface area contributed by atoms with Crippen LogP contribution in [-0.2, 0) is 33.1 Å². The molecule has 2 aromatic carbocycles. The quantitative estimate of drug-likeness (QED) is 0.347. The van der Waals surface area contributed by atoms with Crippen molar-refractivity contribution in [1.29, 1.82) is 0 Å². The van der Waals surface area contributed by atoms with Gasteiger partial charge in [0.25, 0.3) is 0 Å². The van der Waals surface area contributed by atoms with E-state index >= 15 is 0 Å². The number of carbonyl (C=O) groups excluding carboxylic acids is 4. The number of urea groups is 1. The Hall–Kier alpha value is -3.81. The first-order valence-corrected chi connectivity index (χ1v) is 13.9. The molecule has 12 nitrogen and oxygen atoms in total. The van der Waals surface area contributed by atoms with Crippen molar-refractivity contribution in [1.82, 2.24) is 9.96 Å². The van der Waals surface area contributed by atoms with E-state index in [9.17, 15) is 27.6 Å². The monoisotopic (exact) mass is 574 g/mol. The summed E-state index contributed by atoms with van der Waals surface area (Å²) in [6.45, 7) is 1.70. The second-order valence-electron chi connectivity index (χ2n) is 10.1. The largest absolute Gasteiger partial charge is 0.461 e. The van der Waals surface area contributed by atoms with Gasteiger partial charge in [0.15, 0.2) is 5.78 Å². The minimum atomic E-state index is -4.78. The van der Waals surface area contributed by atoms with Gasteiger partial charge in [-0.05, 0) is 44.0 Å². The van der Waals surface area contributed by atoms with E-state index < -0.39 is 52.5 Å². The molecule has 2 bridgehead atoms. The van der Waals surface area contributed by atoms with Crippen LogP contribution in [0.5, 0.6) is 0 Å².